The van der Waals surface area contributed by atoms with Crippen molar-refractivity contribution in [2.24, 2.45) is 0 Å². The number of carbonyl (C=O) groups excluding carboxylic acids is 2. The van der Waals surface area contributed by atoms with E-state index in [1.165, 1.54) is 7.11 Å². The van der Waals surface area contributed by atoms with Crippen molar-refractivity contribution >= 4 is 23.2 Å². The Balaban J connectivity index is 1.70. The highest BCUT2D eigenvalue weighted by molar-refractivity contribution is 6.06. The van der Waals surface area contributed by atoms with Crippen molar-refractivity contribution < 1.29 is 14.3 Å². The van der Waals surface area contributed by atoms with E-state index in [1.807, 2.05) is 0 Å². The van der Waals surface area contributed by atoms with Crippen LogP contribution in [0.25, 0.3) is 0 Å². The highest BCUT2D eigenvalue weighted by atomic mass is 16.5. The first-order valence-corrected chi connectivity index (χ1v) is 8.43. The van der Waals surface area contributed by atoms with Crippen LogP contribution >= 0.6 is 0 Å². The number of para-hydroxylation sites is 1. The maximum absolute atomic E-state index is 12.5. The van der Waals surface area contributed by atoms with E-state index in [2.05, 4.69) is 15.7 Å². The van der Waals surface area contributed by atoms with E-state index in [9.17, 15) is 9.59 Å². The van der Waals surface area contributed by atoms with Gasteiger partial charge in [-0.15, -0.1) is 0 Å². The average Bonchev–Trinajstić information content (AvgIpc) is 3.22. The molecule has 1 aromatic heterocycles. The Kier molecular flexibility index (Phi) is 5.51. The average molecular weight is 364 g/mol. The molecule has 1 heterocycles. The van der Waals surface area contributed by atoms with Crippen LogP contribution in [-0.4, -0.2) is 28.7 Å². The number of hydrogen-bond donors (Lipinski definition) is 2. The summed E-state index contributed by atoms with van der Waals surface area (Å²) in [4.78, 5) is 24.9. The van der Waals surface area contributed by atoms with Crippen LogP contribution in [-0.2, 0) is 4.79 Å². The first-order chi connectivity index (χ1) is 13.1. The molecule has 0 saturated carbocycles. The number of benzene rings is 2. The molecule has 0 saturated heterocycles. The number of hydrogen-bond acceptors (Lipinski definition) is 4. The molecule has 0 aliphatic rings. The van der Waals surface area contributed by atoms with Gasteiger partial charge in [-0.3, -0.25) is 14.3 Å². The lowest BCUT2D eigenvalue weighted by Gasteiger charge is -2.14. The molecule has 0 unspecified atom stereocenters. The monoisotopic (exact) mass is 364 g/mol. The molecule has 7 nitrogen and oxygen atoms in total. The van der Waals surface area contributed by atoms with E-state index in [0.29, 0.717) is 22.7 Å². The number of ether oxygens (including phenoxy) is 1. The molecule has 0 fully saturated rings. The molecule has 3 rings (SSSR count). The van der Waals surface area contributed by atoms with Crippen molar-refractivity contribution in [1.29, 1.82) is 0 Å². The maximum Gasteiger partial charge on any atom is 0.259 e. The summed E-state index contributed by atoms with van der Waals surface area (Å²) in [7, 11) is 1.52. The summed E-state index contributed by atoms with van der Waals surface area (Å²) in [5.74, 6) is 0.000227. The van der Waals surface area contributed by atoms with E-state index in [4.69, 9.17) is 4.74 Å². The summed E-state index contributed by atoms with van der Waals surface area (Å²) in [6, 6.07) is 15.2. The number of aromatic nitrogens is 2. The predicted octanol–water partition coefficient (Wildman–Crippen LogP) is 3.34. The molecule has 2 aromatic carbocycles. The first kappa shape index (κ1) is 18.2. The molecular formula is C20H20N4O3. The normalized spacial score (nSPS) is 11.5. The Morgan fingerprint density at radius 2 is 1.78 bits per heavy atom. The van der Waals surface area contributed by atoms with Crippen molar-refractivity contribution in [2.45, 2.75) is 13.0 Å². The summed E-state index contributed by atoms with van der Waals surface area (Å²) < 4.78 is 6.79. The van der Waals surface area contributed by atoms with Crippen molar-refractivity contribution in [2.75, 3.05) is 17.7 Å². The minimum atomic E-state index is -0.452. The molecule has 3 aromatic rings. The fourth-order valence-electron chi connectivity index (χ4n) is 2.58. The van der Waals surface area contributed by atoms with Gasteiger partial charge in [-0.2, -0.15) is 5.10 Å². The second kappa shape index (κ2) is 8.18. The van der Waals surface area contributed by atoms with Crippen LogP contribution in [0.15, 0.2) is 67.0 Å². The molecule has 1 atom stereocenters. The largest absolute Gasteiger partial charge is 0.496 e. The number of rotatable bonds is 6. The zero-order valence-electron chi connectivity index (χ0n) is 15.0. The van der Waals surface area contributed by atoms with Crippen LogP contribution in [0, 0.1) is 0 Å². The summed E-state index contributed by atoms with van der Waals surface area (Å²) in [5, 5.41) is 9.72. The second-order valence-corrected chi connectivity index (χ2v) is 5.89. The fraction of sp³-hybridized carbons (Fsp3) is 0.150. The van der Waals surface area contributed by atoms with Crippen LogP contribution in [0.2, 0.25) is 0 Å². The molecular weight excluding hydrogens is 344 g/mol. The molecule has 0 bridgehead atoms. The second-order valence-electron chi connectivity index (χ2n) is 5.89. The number of anilines is 2. The fourth-order valence-corrected chi connectivity index (χ4v) is 2.58. The quantitative estimate of drug-likeness (QED) is 0.702. The lowest BCUT2D eigenvalue weighted by Crippen LogP contribution is -2.24. The first-order valence-electron chi connectivity index (χ1n) is 8.43. The van der Waals surface area contributed by atoms with Gasteiger partial charge in [0.1, 0.15) is 11.8 Å². The molecule has 2 amide bonds. The van der Waals surface area contributed by atoms with Gasteiger partial charge in [0.05, 0.1) is 12.7 Å². The molecule has 0 radical (unpaired) electrons. The van der Waals surface area contributed by atoms with Gasteiger partial charge in [0.2, 0.25) is 5.91 Å². The van der Waals surface area contributed by atoms with Gasteiger partial charge in [0.25, 0.3) is 5.91 Å². The number of nitrogens with one attached hydrogen (secondary N) is 2. The van der Waals surface area contributed by atoms with Gasteiger partial charge in [-0.25, -0.2) is 0 Å². The zero-order chi connectivity index (χ0) is 19.2. The van der Waals surface area contributed by atoms with Crippen molar-refractivity contribution in [3.8, 4) is 5.75 Å². The van der Waals surface area contributed by atoms with Crippen LogP contribution in [0.5, 0.6) is 5.75 Å². The molecule has 0 aliphatic carbocycles. The van der Waals surface area contributed by atoms with Gasteiger partial charge < -0.3 is 15.4 Å². The summed E-state index contributed by atoms with van der Waals surface area (Å²) >= 11 is 0. The highest BCUT2D eigenvalue weighted by Crippen LogP contribution is 2.21. The minimum Gasteiger partial charge on any atom is -0.496 e. The Morgan fingerprint density at radius 3 is 2.48 bits per heavy atom. The number of amides is 2. The van der Waals surface area contributed by atoms with E-state index >= 15 is 0 Å². The molecule has 0 spiro atoms. The van der Waals surface area contributed by atoms with E-state index in [-0.39, 0.29) is 11.8 Å². The molecule has 27 heavy (non-hydrogen) atoms. The summed E-state index contributed by atoms with van der Waals surface area (Å²) in [6.07, 6.45) is 3.35. The molecule has 0 aliphatic heterocycles. The summed E-state index contributed by atoms with van der Waals surface area (Å²) in [6.45, 7) is 1.76. The smallest absolute Gasteiger partial charge is 0.259 e. The third-order valence-corrected chi connectivity index (χ3v) is 4.04. The van der Waals surface area contributed by atoms with Gasteiger partial charge >= 0.3 is 0 Å². The van der Waals surface area contributed by atoms with Crippen LogP contribution in [0.1, 0.15) is 23.3 Å². The Morgan fingerprint density at radius 1 is 1.04 bits per heavy atom. The maximum atomic E-state index is 12.5. The third kappa shape index (κ3) is 4.33. The Labute approximate surface area is 157 Å². The van der Waals surface area contributed by atoms with Gasteiger partial charge in [-0.1, -0.05) is 18.2 Å². The van der Waals surface area contributed by atoms with E-state index in [0.717, 1.165) is 0 Å². The SMILES string of the molecule is COc1ccccc1C(=O)Nc1cccc(NC(=O)[C@H](C)n2cccn2)c1. The minimum absolute atomic E-state index is 0.202. The van der Waals surface area contributed by atoms with Crippen molar-refractivity contribution in [1.82, 2.24) is 9.78 Å². The van der Waals surface area contributed by atoms with Crippen molar-refractivity contribution in [3.63, 3.8) is 0 Å². The van der Waals surface area contributed by atoms with Crippen LogP contribution in [0.4, 0.5) is 11.4 Å². The highest BCUT2D eigenvalue weighted by Gasteiger charge is 2.16. The standard InChI is InChI=1S/C20H20N4O3/c1-14(24-12-6-11-21-24)19(25)22-15-7-5-8-16(13-15)23-20(26)17-9-3-4-10-18(17)27-2/h3-14H,1-2H3,(H,22,25)(H,23,26)/t14-/m0/s1. The topological polar surface area (TPSA) is 85.3 Å². The molecule has 7 heteroatoms. The van der Waals surface area contributed by atoms with Gasteiger partial charge in [-0.05, 0) is 43.3 Å². The van der Waals surface area contributed by atoms with Crippen LogP contribution in [0.3, 0.4) is 0 Å². The van der Waals surface area contributed by atoms with Gasteiger partial charge in [0, 0.05) is 23.8 Å². The number of nitrogens with zero attached hydrogens (tertiary/aromatic N) is 2. The van der Waals surface area contributed by atoms with Crippen molar-refractivity contribution in [3.05, 3.63) is 72.6 Å². The van der Waals surface area contributed by atoms with E-state index < -0.39 is 6.04 Å². The van der Waals surface area contributed by atoms with E-state index in [1.54, 1.807) is 78.6 Å². The summed E-state index contributed by atoms with van der Waals surface area (Å²) in [5.41, 5.74) is 1.58. The zero-order valence-corrected chi connectivity index (χ0v) is 15.0. The molecule has 138 valence electrons. The van der Waals surface area contributed by atoms with Crippen LogP contribution < -0.4 is 15.4 Å². The Bertz CT molecular complexity index is 938. The van der Waals surface area contributed by atoms with Gasteiger partial charge in [0.15, 0.2) is 0 Å². The lowest BCUT2D eigenvalue weighted by atomic mass is 10.1. The number of carbonyl (C=O) groups is 2. The third-order valence-electron chi connectivity index (χ3n) is 4.04. The Hall–Kier alpha value is -3.61. The number of methoxy groups -OCH3 is 1. The predicted molar refractivity (Wildman–Crippen MR) is 103 cm³/mol. The molecule has 2 N–H and O–H groups in total. The lowest BCUT2D eigenvalue weighted by molar-refractivity contribution is -0.119.